The topological polar surface area (TPSA) is 26.0 Å². The van der Waals surface area contributed by atoms with Crippen molar-refractivity contribution in [1.82, 2.24) is 0 Å². The Morgan fingerprint density at radius 1 is 1.50 bits per heavy atom. The summed E-state index contributed by atoms with van der Waals surface area (Å²) in [5, 5.41) is 0. The van der Waals surface area contributed by atoms with E-state index in [0.717, 1.165) is 0 Å². The molecule has 0 radical (unpaired) electrons. The van der Waals surface area contributed by atoms with Crippen LogP contribution in [-0.4, -0.2) is 0 Å². The Balaban J connectivity index is 3.07. The maximum atomic E-state index is 12.8. The number of benzene rings is 1. The second-order valence-electron chi connectivity index (χ2n) is 1.98. The lowest BCUT2D eigenvalue weighted by Gasteiger charge is -1.97. The molecule has 0 atom stereocenters. The molecule has 3 heteroatoms. The fourth-order valence-electron chi connectivity index (χ4n) is 0.672. The molecule has 0 unspecified atom stereocenters. The van der Waals surface area contributed by atoms with Gasteiger partial charge in [-0.15, -0.1) is 0 Å². The number of alkyl halides is 1. The van der Waals surface area contributed by atoms with Gasteiger partial charge in [-0.2, -0.15) is 0 Å². The molecule has 0 aliphatic rings. The molecule has 0 aromatic heterocycles. The van der Waals surface area contributed by atoms with Crippen molar-refractivity contribution in [3.05, 3.63) is 29.6 Å². The van der Waals surface area contributed by atoms with Crippen molar-refractivity contribution in [2.75, 3.05) is 5.73 Å². The molecular weight excluding hydrogens is 244 g/mol. The second kappa shape index (κ2) is 3.18. The minimum absolute atomic E-state index is 0.214. The van der Waals surface area contributed by atoms with Crippen LogP contribution in [0.15, 0.2) is 18.2 Å². The van der Waals surface area contributed by atoms with E-state index in [2.05, 4.69) is 22.6 Å². The fourth-order valence-corrected chi connectivity index (χ4v) is 1.29. The SMILES string of the molecule is Nc1ccc(CI)c(F)c1. The average molecular weight is 251 g/mol. The predicted octanol–water partition coefficient (Wildman–Crippen LogP) is 2.34. The molecule has 1 aromatic carbocycles. The van der Waals surface area contributed by atoms with E-state index in [1.165, 1.54) is 6.07 Å². The number of hydrogen-bond acceptors (Lipinski definition) is 1. The van der Waals surface area contributed by atoms with Gasteiger partial charge in [0.05, 0.1) is 0 Å². The Morgan fingerprint density at radius 3 is 2.70 bits per heavy atom. The van der Waals surface area contributed by atoms with Crippen LogP contribution in [0.1, 0.15) is 5.56 Å². The first-order chi connectivity index (χ1) is 4.74. The van der Waals surface area contributed by atoms with Gasteiger partial charge in [0.2, 0.25) is 0 Å². The zero-order valence-corrected chi connectivity index (χ0v) is 7.43. The minimum Gasteiger partial charge on any atom is -0.399 e. The molecule has 0 aliphatic heterocycles. The lowest BCUT2D eigenvalue weighted by molar-refractivity contribution is 0.619. The van der Waals surface area contributed by atoms with Crippen molar-refractivity contribution in [2.45, 2.75) is 4.43 Å². The summed E-state index contributed by atoms with van der Waals surface area (Å²) in [5.41, 5.74) is 6.52. The summed E-state index contributed by atoms with van der Waals surface area (Å²) in [6.07, 6.45) is 0. The van der Waals surface area contributed by atoms with Crippen molar-refractivity contribution in [3.63, 3.8) is 0 Å². The Labute approximate surface area is 72.6 Å². The molecule has 0 saturated carbocycles. The number of nitrogens with two attached hydrogens (primary N) is 1. The normalized spacial score (nSPS) is 9.80. The summed E-state index contributed by atoms with van der Waals surface area (Å²) in [7, 11) is 0. The van der Waals surface area contributed by atoms with Crippen LogP contribution in [0.4, 0.5) is 10.1 Å². The molecule has 1 rings (SSSR count). The van der Waals surface area contributed by atoms with E-state index in [0.29, 0.717) is 15.7 Å². The Morgan fingerprint density at radius 2 is 2.20 bits per heavy atom. The van der Waals surface area contributed by atoms with Crippen LogP contribution >= 0.6 is 22.6 Å². The molecule has 0 fully saturated rings. The van der Waals surface area contributed by atoms with Gasteiger partial charge in [0.1, 0.15) is 5.82 Å². The van der Waals surface area contributed by atoms with E-state index in [9.17, 15) is 4.39 Å². The molecule has 0 heterocycles. The van der Waals surface area contributed by atoms with Crippen LogP contribution in [0.2, 0.25) is 0 Å². The molecule has 0 amide bonds. The zero-order valence-electron chi connectivity index (χ0n) is 5.27. The van der Waals surface area contributed by atoms with Gasteiger partial charge in [0.15, 0.2) is 0 Å². The quantitative estimate of drug-likeness (QED) is 0.462. The van der Waals surface area contributed by atoms with Gasteiger partial charge in [-0.05, 0) is 17.7 Å². The standard InChI is InChI=1S/C7H7FIN/c8-7-3-6(10)2-1-5(7)4-9/h1-3H,4,10H2. The Bertz CT molecular complexity index is 237. The van der Waals surface area contributed by atoms with Gasteiger partial charge >= 0.3 is 0 Å². The lowest BCUT2D eigenvalue weighted by Crippen LogP contribution is -1.89. The number of nitrogen functional groups attached to an aromatic ring is 1. The summed E-state index contributed by atoms with van der Waals surface area (Å²) < 4.78 is 13.5. The van der Waals surface area contributed by atoms with Crippen LogP contribution in [0.25, 0.3) is 0 Å². The van der Waals surface area contributed by atoms with Crippen molar-refractivity contribution < 1.29 is 4.39 Å². The third kappa shape index (κ3) is 1.59. The summed E-state index contributed by atoms with van der Waals surface area (Å²) in [5.74, 6) is -0.214. The van der Waals surface area contributed by atoms with Gasteiger partial charge in [-0.25, -0.2) is 4.39 Å². The van der Waals surface area contributed by atoms with Crippen LogP contribution in [0.5, 0.6) is 0 Å². The highest BCUT2D eigenvalue weighted by Gasteiger charge is 1.98. The molecular formula is C7H7FIN. The lowest BCUT2D eigenvalue weighted by atomic mass is 10.2. The van der Waals surface area contributed by atoms with Gasteiger partial charge in [-0.3, -0.25) is 0 Å². The first kappa shape index (κ1) is 7.78. The highest BCUT2D eigenvalue weighted by atomic mass is 127. The van der Waals surface area contributed by atoms with E-state index in [1.54, 1.807) is 12.1 Å². The molecule has 0 aliphatic carbocycles. The molecule has 0 saturated heterocycles. The van der Waals surface area contributed by atoms with Crippen molar-refractivity contribution in [2.24, 2.45) is 0 Å². The summed E-state index contributed by atoms with van der Waals surface area (Å²) in [6, 6.07) is 4.75. The molecule has 54 valence electrons. The first-order valence-corrected chi connectivity index (χ1v) is 4.36. The number of hydrogen-bond donors (Lipinski definition) is 1. The molecule has 2 N–H and O–H groups in total. The van der Waals surface area contributed by atoms with E-state index < -0.39 is 0 Å². The maximum absolute atomic E-state index is 12.8. The fraction of sp³-hybridized carbons (Fsp3) is 0.143. The zero-order chi connectivity index (χ0) is 7.56. The van der Waals surface area contributed by atoms with Gasteiger partial charge in [0.25, 0.3) is 0 Å². The average Bonchev–Trinajstić information content (AvgIpc) is 1.88. The van der Waals surface area contributed by atoms with Crippen LogP contribution in [0.3, 0.4) is 0 Å². The highest BCUT2D eigenvalue weighted by molar-refractivity contribution is 14.1. The predicted molar refractivity (Wildman–Crippen MR) is 48.5 cm³/mol. The third-order valence-electron chi connectivity index (χ3n) is 1.22. The monoisotopic (exact) mass is 251 g/mol. The van der Waals surface area contributed by atoms with E-state index in [1.807, 2.05) is 0 Å². The number of halogens is 2. The van der Waals surface area contributed by atoms with Crippen molar-refractivity contribution >= 4 is 28.3 Å². The maximum Gasteiger partial charge on any atom is 0.129 e. The third-order valence-corrected chi connectivity index (χ3v) is 2.04. The first-order valence-electron chi connectivity index (χ1n) is 2.84. The summed E-state index contributed by atoms with van der Waals surface area (Å²) in [4.78, 5) is 0. The van der Waals surface area contributed by atoms with Crippen molar-refractivity contribution in [3.8, 4) is 0 Å². The smallest absolute Gasteiger partial charge is 0.129 e. The van der Waals surface area contributed by atoms with E-state index in [-0.39, 0.29) is 5.82 Å². The largest absolute Gasteiger partial charge is 0.399 e. The molecule has 1 nitrogen and oxygen atoms in total. The number of rotatable bonds is 1. The van der Waals surface area contributed by atoms with Gasteiger partial charge in [-0.1, -0.05) is 28.7 Å². The van der Waals surface area contributed by atoms with Crippen LogP contribution in [0, 0.1) is 5.82 Å². The minimum atomic E-state index is -0.214. The second-order valence-corrected chi connectivity index (χ2v) is 2.75. The summed E-state index contributed by atoms with van der Waals surface area (Å²) in [6.45, 7) is 0. The van der Waals surface area contributed by atoms with Gasteiger partial charge < -0.3 is 5.73 Å². The molecule has 10 heavy (non-hydrogen) atoms. The molecule has 1 aromatic rings. The Hall–Kier alpha value is -0.320. The Kier molecular flexibility index (Phi) is 2.48. The van der Waals surface area contributed by atoms with E-state index >= 15 is 0 Å². The molecule has 0 bridgehead atoms. The van der Waals surface area contributed by atoms with Crippen LogP contribution in [-0.2, 0) is 4.43 Å². The molecule has 0 spiro atoms. The van der Waals surface area contributed by atoms with Crippen LogP contribution < -0.4 is 5.73 Å². The van der Waals surface area contributed by atoms with Gasteiger partial charge in [0, 0.05) is 10.1 Å². The van der Waals surface area contributed by atoms with Crippen molar-refractivity contribution in [1.29, 1.82) is 0 Å². The highest BCUT2D eigenvalue weighted by Crippen LogP contribution is 2.14. The van der Waals surface area contributed by atoms with E-state index in [4.69, 9.17) is 5.73 Å². The number of anilines is 1. The summed E-state index contributed by atoms with van der Waals surface area (Å²) >= 11 is 2.11.